The van der Waals surface area contributed by atoms with Gasteiger partial charge in [-0.25, -0.2) is 0 Å². The first-order valence-electron chi connectivity index (χ1n) is 14.9. The zero-order valence-corrected chi connectivity index (χ0v) is 30.3. The summed E-state index contributed by atoms with van der Waals surface area (Å²) in [4.78, 5) is 0. The van der Waals surface area contributed by atoms with Gasteiger partial charge in [0.25, 0.3) is 0 Å². The fourth-order valence-electron chi connectivity index (χ4n) is 4.74. The summed E-state index contributed by atoms with van der Waals surface area (Å²) < 4.78 is 55.9. The average molecular weight is 617 g/mol. The molecule has 0 fully saturated rings. The van der Waals surface area contributed by atoms with Gasteiger partial charge in [0.1, 0.15) is 0 Å². The van der Waals surface area contributed by atoms with Crippen LogP contribution in [0.5, 0.6) is 0 Å². The molecule has 0 aliphatic rings. The molecule has 0 spiro atoms. The van der Waals surface area contributed by atoms with Gasteiger partial charge in [0, 0.05) is 77.6 Å². The minimum Gasteiger partial charge on any atom is -0.374 e. The predicted octanol–water partition coefficient (Wildman–Crippen LogP) is 6.21. The Balaban J connectivity index is 6.14. The minimum atomic E-state index is -2.78. The van der Waals surface area contributed by atoms with E-state index < -0.39 is 34.5 Å². The molecule has 0 saturated heterocycles. The Morgan fingerprint density at radius 3 is 0.579 bits per heavy atom. The van der Waals surface area contributed by atoms with Crippen molar-refractivity contribution in [1.29, 1.82) is 0 Å². The van der Waals surface area contributed by atoms with E-state index in [-0.39, 0.29) is 0 Å². The second-order valence-corrected chi connectivity index (χ2v) is 22.6. The van der Waals surface area contributed by atoms with Crippen LogP contribution >= 0.6 is 0 Å². The van der Waals surface area contributed by atoms with E-state index in [0.717, 1.165) is 36.3 Å². The van der Waals surface area contributed by atoms with E-state index in [1.54, 1.807) is 0 Å². The molecular formula is C25H60O9Si4. The van der Waals surface area contributed by atoms with E-state index in [9.17, 15) is 0 Å². The molecule has 0 amide bonds. The number of hydrogen-bond donors (Lipinski definition) is 0. The first kappa shape index (κ1) is 38.5. The van der Waals surface area contributed by atoms with Gasteiger partial charge < -0.3 is 39.8 Å². The van der Waals surface area contributed by atoms with E-state index in [0.29, 0.717) is 59.5 Å². The molecule has 0 aromatic carbocycles. The molecule has 0 radical (unpaired) electrons. The topological polar surface area (TPSA) is 83.1 Å². The van der Waals surface area contributed by atoms with Crippen LogP contribution in [0.2, 0.25) is 42.8 Å². The summed E-state index contributed by atoms with van der Waals surface area (Å²) in [5.41, 5.74) is 0. The third-order valence-electron chi connectivity index (χ3n) is 6.38. The quantitative estimate of drug-likeness (QED) is 0.100. The van der Waals surface area contributed by atoms with Crippen molar-refractivity contribution in [3.63, 3.8) is 0 Å². The Bertz CT molecular complexity index is 450. The molecule has 0 N–H and O–H groups in total. The molecule has 9 nitrogen and oxygen atoms in total. The van der Waals surface area contributed by atoms with Crippen LogP contribution in [0.1, 0.15) is 62.3 Å². The van der Waals surface area contributed by atoms with Crippen molar-refractivity contribution in [2.75, 3.05) is 59.5 Å². The van der Waals surface area contributed by atoms with Crippen molar-refractivity contribution in [2.45, 2.75) is 105 Å². The van der Waals surface area contributed by atoms with Crippen LogP contribution in [0.15, 0.2) is 0 Å². The maximum atomic E-state index is 6.21. The van der Waals surface area contributed by atoms with E-state index in [1.165, 1.54) is 0 Å². The van der Waals surface area contributed by atoms with E-state index >= 15 is 0 Å². The Hall–Kier alpha value is 0.508. The van der Waals surface area contributed by atoms with Crippen LogP contribution in [0.3, 0.4) is 0 Å². The molecule has 0 heterocycles. The molecular weight excluding hydrogens is 557 g/mol. The highest BCUT2D eigenvalue weighted by Crippen LogP contribution is 2.36. The third-order valence-corrected chi connectivity index (χ3v) is 21.4. The highest BCUT2D eigenvalue weighted by atomic mass is 28.4. The standard InChI is InChI=1S/C25H60O9Si4/c1-11-26-36(27-12-2,28-13-3)23-20-35(10,21-24-37(29-14-4,30-15-5)31-16-6)22-25-38(32-17-7,33-18-8)34-19-9/h11-25H2,1-10H3. The average Bonchev–Trinajstić information content (AvgIpc) is 2.87. The Morgan fingerprint density at radius 2 is 0.447 bits per heavy atom. The highest BCUT2D eigenvalue weighted by molar-refractivity contribution is 6.82. The van der Waals surface area contributed by atoms with Crippen LogP contribution in [-0.4, -0.2) is 93.9 Å². The van der Waals surface area contributed by atoms with E-state index in [2.05, 4.69) is 6.55 Å². The molecule has 0 aromatic rings. The first-order chi connectivity index (χ1) is 18.2. The lowest BCUT2D eigenvalue weighted by Crippen LogP contribution is -2.51. The van der Waals surface area contributed by atoms with Gasteiger partial charge in [0.05, 0.1) is 8.07 Å². The lowest BCUT2D eigenvalue weighted by molar-refractivity contribution is 0.0722. The van der Waals surface area contributed by atoms with Gasteiger partial charge in [-0.15, -0.1) is 0 Å². The summed E-state index contributed by atoms with van der Waals surface area (Å²) >= 11 is 0. The summed E-state index contributed by atoms with van der Waals surface area (Å²) in [6.45, 7) is 25.7. The van der Waals surface area contributed by atoms with E-state index in [1.807, 2.05) is 62.3 Å². The summed E-state index contributed by atoms with van der Waals surface area (Å²) in [6, 6.07) is 5.40. The lowest BCUT2D eigenvalue weighted by Gasteiger charge is -2.37. The summed E-state index contributed by atoms with van der Waals surface area (Å²) in [7, 11) is -10.3. The van der Waals surface area contributed by atoms with Crippen LogP contribution in [0, 0.1) is 0 Å². The normalized spacial score (nSPS) is 13.4. The van der Waals surface area contributed by atoms with Crippen molar-refractivity contribution in [1.82, 2.24) is 0 Å². The van der Waals surface area contributed by atoms with Gasteiger partial charge in [-0.05, 0) is 62.3 Å². The monoisotopic (exact) mass is 616 g/mol. The molecule has 0 aliphatic heterocycles. The van der Waals surface area contributed by atoms with Crippen molar-refractivity contribution in [2.24, 2.45) is 0 Å². The zero-order valence-electron chi connectivity index (χ0n) is 26.3. The Kier molecular flexibility index (Phi) is 21.5. The zero-order chi connectivity index (χ0) is 29.0. The smallest absolute Gasteiger partial charge is 0.374 e. The number of rotatable bonds is 27. The van der Waals surface area contributed by atoms with Crippen molar-refractivity contribution < 1.29 is 39.8 Å². The first-order valence-corrected chi connectivity index (χ1v) is 23.8. The van der Waals surface area contributed by atoms with Gasteiger partial charge in [0.2, 0.25) is 0 Å². The molecule has 0 atom stereocenters. The largest absolute Gasteiger partial charge is 0.500 e. The highest BCUT2D eigenvalue weighted by Gasteiger charge is 2.48. The summed E-state index contributed by atoms with van der Waals surface area (Å²) in [6.07, 6.45) is 0. The van der Waals surface area contributed by atoms with Crippen LogP contribution < -0.4 is 0 Å². The molecule has 230 valence electrons. The van der Waals surface area contributed by atoms with Crippen molar-refractivity contribution >= 4 is 34.5 Å². The molecule has 0 aliphatic carbocycles. The predicted molar refractivity (Wildman–Crippen MR) is 162 cm³/mol. The van der Waals surface area contributed by atoms with Crippen LogP contribution in [0.4, 0.5) is 0 Å². The van der Waals surface area contributed by atoms with Gasteiger partial charge in [-0.3, -0.25) is 0 Å². The van der Waals surface area contributed by atoms with Gasteiger partial charge in [-0.2, -0.15) is 0 Å². The Morgan fingerprint density at radius 1 is 0.289 bits per heavy atom. The molecule has 38 heavy (non-hydrogen) atoms. The van der Waals surface area contributed by atoms with Gasteiger partial charge >= 0.3 is 26.4 Å². The molecule has 0 aromatic heterocycles. The van der Waals surface area contributed by atoms with Gasteiger partial charge in [0.15, 0.2) is 0 Å². The van der Waals surface area contributed by atoms with Crippen molar-refractivity contribution in [3.05, 3.63) is 0 Å². The molecule has 0 bridgehead atoms. The van der Waals surface area contributed by atoms with E-state index in [4.69, 9.17) is 39.8 Å². The minimum absolute atomic E-state index is 0.578. The molecule has 0 unspecified atom stereocenters. The second-order valence-electron chi connectivity index (χ2n) is 9.26. The van der Waals surface area contributed by atoms with Crippen molar-refractivity contribution in [3.8, 4) is 0 Å². The number of hydrogen-bond acceptors (Lipinski definition) is 9. The molecule has 13 heteroatoms. The lowest BCUT2D eigenvalue weighted by atomic mass is 10.9. The molecule has 0 rings (SSSR count). The molecule has 0 saturated carbocycles. The van der Waals surface area contributed by atoms with Gasteiger partial charge in [-0.1, -0.05) is 24.7 Å². The van der Waals surface area contributed by atoms with Crippen LogP contribution in [0.25, 0.3) is 0 Å². The summed E-state index contributed by atoms with van der Waals surface area (Å²) in [5.74, 6) is 0. The SMILES string of the molecule is CCO[Si](CC[Si](C)(CC[Si](OCC)(OCC)OCC)CC[Si](OCC)(OCC)OCC)(OCC)OCC. The fourth-order valence-corrected chi connectivity index (χ4v) is 22.4. The van der Waals surface area contributed by atoms with Crippen LogP contribution in [-0.2, 0) is 39.8 Å². The summed E-state index contributed by atoms with van der Waals surface area (Å²) in [5, 5.41) is 0. The maximum absolute atomic E-state index is 6.21. The maximum Gasteiger partial charge on any atom is 0.500 e. The third kappa shape index (κ3) is 13.9. The Labute approximate surface area is 238 Å². The fraction of sp³-hybridized carbons (Fsp3) is 1.00. The second kappa shape index (κ2) is 21.2.